The van der Waals surface area contributed by atoms with Crippen LogP contribution in [0.1, 0.15) is 41.3 Å². The van der Waals surface area contributed by atoms with E-state index in [0.29, 0.717) is 51.3 Å². The smallest absolute Gasteiger partial charge is 0.361 e. The minimum atomic E-state index is -4.85. The highest BCUT2D eigenvalue weighted by Gasteiger charge is 2.36. The number of fused-ring (bicyclic) bond motifs is 1. The van der Waals surface area contributed by atoms with Crippen molar-refractivity contribution in [3.05, 3.63) is 65.4 Å². The summed E-state index contributed by atoms with van der Waals surface area (Å²) in [4.78, 5) is 20.6. The number of carbonyl (C=O) groups is 1. The quantitative estimate of drug-likeness (QED) is 0.262. The molecule has 5 rings (SSSR count). The molecule has 2 saturated heterocycles. The Morgan fingerprint density at radius 3 is 2.60 bits per heavy atom. The standard InChI is InChI=1S/C28H31F5N3O3P/c1-27(38-11-12-39-27)7-4-8-35-9-10-36(22(18-35)14-20-17-34-25-6-3-2-5-24(20)25)26(37)19-13-21(28(29,30)31)16-23(15-19)40(32)33/h2-3,5-6,13,15-17,22,34H,4,7-12,14,18H2,1H3. The van der Waals surface area contributed by atoms with Gasteiger partial charge in [0.15, 0.2) is 5.79 Å². The summed E-state index contributed by atoms with van der Waals surface area (Å²) >= 11 is 0. The number of ether oxygens (including phenoxy) is 2. The number of piperazine rings is 1. The Bertz CT molecular complexity index is 1340. The molecule has 0 aliphatic carbocycles. The normalized spacial score (nSPS) is 20.1. The van der Waals surface area contributed by atoms with Gasteiger partial charge in [0.2, 0.25) is 0 Å². The van der Waals surface area contributed by atoms with E-state index in [9.17, 15) is 26.4 Å². The predicted molar refractivity (Wildman–Crippen MR) is 143 cm³/mol. The van der Waals surface area contributed by atoms with Gasteiger partial charge in [-0.1, -0.05) is 18.2 Å². The van der Waals surface area contributed by atoms with Gasteiger partial charge in [-0.25, -0.2) is 0 Å². The van der Waals surface area contributed by atoms with Crippen LogP contribution in [0.4, 0.5) is 21.6 Å². The first-order valence-corrected chi connectivity index (χ1v) is 14.3. The highest BCUT2D eigenvalue weighted by molar-refractivity contribution is 7.55. The molecule has 1 aromatic heterocycles. The van der Waals surface area contributed by atoms with E-state index in [-0.39, 0.29) is 18.2 Å². The fourth-order valence-electron chi connectivity index (χ4n) is 5.61. The molecule has 216 valence electrons. The zero-order valence-electron chi connectivity index (χ0n) is 22.0. The van der Waals surface area contributed by atoms with Crippen molar-refractivity contribution in [2.75, 3.05) is 39.4 Å². The van der Waals surface area contributed by atoms with Crippen molar-refractivity contribution in [2.24, 2.45) is 0 Å². The molecule has 1 unspecified atom stereocenters. The van der Waals surface area contributed by atoms with Crippen molar-refractivity contribution < 1.29 is 35.8 Å². The second-order valence-corrected chi connectivity index (χ2v) is 11.4. The van der Waals surface area contributed by atoms with Crippen molar-refractivity contribution in [1.82, 2.24) is 14.8 Å². The molecule has 6 nitrogen and oxygen atoms in total. The summed E-state index contributed by atoms with van der Waals surface area (Å²) in [7, 11) is -3.81. The lowest BCUT2D eigenvalue weighted by Gasteiger charge is -2.42. The highest BCUT2D eigenvalue weighted by atomic mass is 31.2. The molecule has 2 aliphatic rings. The van der Waals surface area contributed by atoms with Gasteiger partial charge in [0.05, 0.1) is 18.8 Å². The van der Waals surface area contributed by atoms with Crippen LogP contribution in [-0.2, 0) is 22.1 Å². The molecular formula is C28H31F5N3O3P. The van der Waals surface area contributed by atoms with Gasteiger partial charge in [-0.2, -0.15) is 21.6 Å². The van der Waals surface area contributed by atoms with Gasteiger partial charge in [-0.3, -0.25) is 9.69 Å². The predicted octanol–water partition coefficient (Wildman–Crippen LogP) is 5.98. The molecule has 2 aromatic carbocycles. The van der Waals surface area contributed by atoms with Crippen molar-refractivity contribution >= 4 is 30.7 Å². The minimum absolute atomic E-state index is 0.266. The number of H-pyrrole nitrogens is 1. The van der Waals surface area contributed by atoms with Gasteiger partial charge >= 0.3 is 6.18 Å². The summed E-state index contributed by atoms with van der Waals surface area (Å²) in [6.45, 7) is 5.05. The number of alkyl halides is 3. The topological polar surface area (TPSA) is 57.8 Å². The molecule has 1 N–H and O–H groups in total. The maximum Gasteiger partial charge on any atom is 0.416 e. The van der Waals surface area contributed by atoms with Crippen LogP contribution in [0.15, 0.2) is 48.7 Å². The maximum absolute atomic E-state index is 13.7. The molecule has 1 amide bonds. The molecular weight excluding hydrogens is 552 g/mol. The fraction of sp³-hybridized carbons (Fsp3) is 0.464. The van der Waals surface area contributed by atoms with Gasteiger partial charge in [0.1, 0.15) is 0 Å². The molecule has 0 radical (unpaired) electrons. The first-order valence-electron chi connectivity index (χ1n) is 13.2. The monoisotopic (exact) mass is 583 g/mol. The van der Waals surface area contributed by atoms with Crippen LogP contribution in [0.25, 0.3) is 10.9 Å². The molecule has 1 atom stereocenters. The lowest BCUT2D eigenvalue weighted by molar-refractivity contribution is -0.148. The summed E-state index contributed by atoms with van der Waals surface area (Å²) in [6, 6.07) is 9.39. The van der Waals surface area contributed by atoms with Crippen LogP contribution < -0.4 is 5.30 Å². The minimum Gasteiger partial charge on any atom is -0.361 e. The Labute approximate surface area is 230 Å². The zero-order chi connectivity index (χ0) is 28.5. The Morgan fingerprint density at radius 2 is 1.88 bits per heavy atom. The average Bonchev–Trinajstić information content (AvgIpc) is 3.54. The molecule has 3 heterocycles. The zero-order valence-corrected chi connectivity index (χ0v) is 22.9. The summed E-state index contributed by atoms with van der Waals surface area (Å²) in [5.74, 6) is -1.27. The van der Waals surface area contributed by atoms with E-state index < -0.39 is 37.3 Å². The Balaban J connectivity index is 1.39. The molecule has 12 heteroatoms. The molecule has 0 saturated carbocycles. The van der Waals surface area contributed by atoms with Crippen molar-refractivity contribution in [1.29, 1.82) is 0 Å². The largest absolute Gasteiger partial charge is 0.416 e. The molecule has 2 fully saturated rings. The van der Waals surface area contributed by atoms with E-state index in [2.05, 4.69) is 9.88 Å². The number of para-hydroxylation sites is 1. The maximum atomic E-state index is 13.7. The summed E-state index contributed by atoms with van der Waals surface area (Å²) in [5, 5.41) is 0.238. The van der Waals surface area contributed by atoms with Crippen LogP contribution in [0.3, 0.4) is 0 Å². The third-order valence-corrected chi connectivity index (χ3v) is 8.30. The first kappa shape index (κ1) is 28.9. The van der Waals surface area contributed by atoms with Crippen LogP contribution in [0, 0.1) is 0 Å². The van der Waals surface area contributed by atoms with Crippen LogP contribution >= 0.6 is 8.54 Å². The molecule has 3 aromatic rings. The highest BCUT2D eigenvalue weighted by Crippen LogP contribution is 2.40. The number of aromatic nitrogens is 1. The van der Waals surface area contributed by atoms with E-state index in [4.69, 9.17) is 9.47 Å². The lowest BCUT2D eigenvalue weighted by atomic mass is 9.99. The van der Waals surface area contributed by atoms with Gasteiger partial charge in [0, 0.05) is 60.1 Å². The molecule has 40 heavy (non-hydrogen) atoms. The van der Waals surface area contributed by atoms with E-state index in [0.717, 1.165) is 35.5 Å². The van der Waals surface area contributed by atoms with Gasteiger partial charge in [-0.05, 0) is 56.1 Å². The first-order chi connectivity index (χ1) is 19.0. The molecule has 2 aliphatic heterocycles. The number of benzene rings is 2. The molecule has 0 bridgehead atoms. The number of halogens is 5. The number of hydrogen-bond acceptors (Lipinski definition) is 4. The van der Waals surface area contributed by atoms with Crippen molar-refractivity contribution in [3.63, 3.8) is 0 Å². The fourth-order valence-corrected chi connectivity index (χ4v) is 6.08. The summed E-state index contributed by atoms with van der Waals surface area (Å²) < 4.78 is 79.0. The van der Waals surface area contributed by atoms with E-state index in [1.54, 1.807) is 4.90 Å². The van der Waals surface area contributed by atoms with Crippen LogP contribution in [0.2, 0.25) is 0 Å². The molecule has 0 spiro atoms. The third kappa shape index (κ3) is 6.48. The lowest BCUT2D eigenvalue weighted by Crippen LogP contribution is -2.56. The number of rotatable bonds is 8. The Hall–Kier alpha value is -2.59. The van der Waals surface area contributed by atoms with E-state index >= 15 is 0 Å². The number of nitrogens with zero attached hydrogens (tertiary/aromatic N) is 2. The second-order valence-electron chi connectivity index (χ2n) is 10.5. The summed E-state index contributed by atoms with van der Waals surface area (Å²) in [5.41, 5.74) is 0.303. The Morgan fingerprint density at radius 1 is 1.12 bits per heavy atom. The Kier molecular flexibility index (Phi) is 8.47. The van der Waals surface area contributed by atoms with Crippen molar-refractivity contribution in [2.45, 2.75) is 44.2 Å². The number of hydrogen-bond donors (Lipinski definition) is 1. The van der Waals surface area contributed by atoms with Crippen LogP contribution in [-0.4, -0.2) is 71.9 Å². The summed E-state index contributed by atoms with van der Waals surface area (Å²) in [6.07, 6.45) is -0.994. The number of aromatic amines is 1. The number of amides is 1. The van der Waals surface area contributed by atoms with E-state index in [1.807, 2.05) is 37.4 Å². The van der Waals surface area contributed by atoms with Gasteiger partial charge in [0.25, 0.3) is 14.5 Å². The number of nitrogens with one attached hydrogen (secondary N) is 1. The second kappa shape index (κ2) is 11.7. The average molecular weight is 584 g/mol. The third-order valence-electron chi connectivity index (χ3n) is 7.65. The SMILES string of the molecule is CC1(CCCN2CCN(C(=O)c3cc(P(F)F)cc(C(F)(F)F)c3)C(Cc3c[nH]c4ccccc34)C2)OCCO1. The van der Waals surface area contributed by atoms with E-state index in [1.165, 1.54) is 0 Å². The van der Waals surface area contributed by atoms with Crippen LogP contribution in [0.5, 0.6) is 0 Å². The number of carbonyl (C=O) groups excluding carboxylic acids is 1. The van der Waals surface area contributed by atoms with Gasteiger partial charge < -0.3 is 19.4 Å². The van der Waals surface area contributed by atoms with Gasteiger partial charge in [-0.15, -0.1) is 0 Å². The van der Waals surface area contributed by atoms with Crippen molar-refractivity contribution in [3.8, 4) is 0 Å².